The first-order valence-corrected chi connectivity index (χ1v) is 7.58. The molecule has 3 heteroatoms. The molecule has 3 nitrogen and oxygen atoms in total. The summed E-state index contributed by atoms with van der Waals surface area (Å²) in [5, 5.41) is 10.5. The van der Waals surface area contributed by atoms with Gasteiger partial charge in [0, 0.05) is 18.1 Å². The van der Waals surface area contributed by atoms with Crippen LogP contribution in [0, 0.1) is 11.8 Å². The van der Waals surface area contributed by atoms with E-state index in [1.54, 1.807) is 7.11 Å². The third-order valence-corrected chi connectivity index (χ3v) is 5.19. The number of fused-ring (bicyclic) bond motifs is 1. The van der Waals surface area contributed by atoms with Crippen molar-refractivity contribution in [3.05, 3.63) is 23.8 Å². The van der Waals surface area contributed by atoms with E-state index in [1.807, 2.05) is 18.2 Å². The van der Waals surface area contributed by atoms with Gasteiger partial charge in [0.2, 0.25) is 0 Å². The maximum Gasteiger partial charge on any atom is 0.129 e. The quantitative estimate of drug-likeness (QED) is 0.850. The molecule has 1 aromatic rings. The van der Waals surface area contributed by atoms with Crippen molar-refractivity contribution < 1.29 is 14.6 Å². The van der Waals surface area contributed by atoms with Crippen molar-refractivity contribution in [2.45, 2.75) is 51.2 Å². The van der Waals surface area contributed by atoms with E-state index in [0.29, 0.717) is 12.3 Å². The fourth-order valence-corrected chi connectivity index (χ4v) is 3.69. The molecule has 1 fully saturated rings. The molecule has 1 N–H and O–H groups in total. The molecule has 0 saturated heterocycles. The lowest BCUT2D eigenvalue weighted by Crippen LogP contribution is -2.46. The van der Waals surface area contributed by atoms with E-state index in [0.717, 1.165) is 35.8 Å². The van der Waals surface area contributed by atoms with Crippen LogP contribution in [0.5, 0.6) is 11.5 Å². The Hall–Kier alpha value is -1.22. The topological polar surface area (TPSA) is 38.7 Å². The summed E-state index contributed by atoms with van der Waals surface area (Å²) in [5.74, 6) is 2.96. The highest BCUT2D eigenvalue weighted by Crippen LogP contribution is 2.49. The van der Waals surface area contributed by atoms with E-state index in [1.165, 1.54) is 6.42 Å². The lowest BCUT2D eigenvalue weighted by molar-refractivity contribution is -0.0602. The van der Waals surface area contributed by atoms with Crippen LogP contribution < -0.4 is 9.47 Å². The summed E-state index contributed by atoms with van der Waals surface area (Å²) in [6, 6.07) is 5.71. The van der Waals surface area contributed by atoms with E-state index in [4.69, 9.17) is 9.47 Å². The van der Waals surface area contributed by atoms with Crippen LogP contribution in [-0.2, 0) is 0 Å². The summed E-state index contributed by atoms with van der Waals surface area (Å²) in [5.41, 5.74) is 0.702. The first kappa shape index (κ1) is 13.7. The summed E-state index contributed by atoms with van der Waals surface area (Å²) in [6.07, 6.45) is 3.52. The number of rotatable bonds is 1. The Morgan fingerprint density at radius 3 is 2.75 bits per heavy atom. The first-order chi connectivity index (χ1) is 9.53. The van der Waals surface area contributed by atoms with E-state index < -0.39 is 6.10 Å². The third-order valence-electron chi connectivity index (χ3n) is 5.19. The van der Waals surface area contributed by atoms with Crippen LogP contribution in [0.25, 0.3) is 0 Å². The van der Waals surface area contributed by atoms with Crippen LogP contribution in [0.1, 0.15) is 51.2 Å². The van der Waals surface area contributed by atoms with Gasteiger partial charge in [-0.2, -0.15) is 0 Å². The second kappa shape index (κ2) is 4.96. The summed E-state index contributed by atoms with van der Waals surface area (Å²) in [4.78, 5) is 0. The summed E-state index contributed by atoms with van der Waals surface area (Å²) in [7, 11) is 1.65. The summed E-state index contributed by atoms with van der Waals surface area (Å²) < 4.78 is 11.6. The number of aliphatic hydroxyl groups excluding tert-OH is 1. The predicted molar refractivity (Wildman–Crippen MR) is 78.1 cm³/mol. The largest absolute Gasteiger partial charge is 0.497 e. The van der Waals surface area contributed by atoms with Crippen LogP contribution in [-0.4, -0.2) is 17.8 Å². The molecule has 1 saturated carbocycles. The molecule has 0 aromatic heterocycles. The minimum atomic E-state index is -0.426. The minimum absolute atomic E-state index is 0.190. The Bertz CT molecular complexity index is 499. The highest BCUT2D eigenvalue weighted by atomic mass is 16.5. The highest BCUT2D eigenvalue weighted by molar-refractivity contribution is 5.44. The smallest absolute Gasteiger partial charge is 0.129 e. The average molecular weight is 276 g/mol. The zero-order chi connectivity index (χ0) is 14.3. The lowest BCUT2D eigenvalue weighted by Gasteiger charge is -2.46. The molecule has 1 spiro atoms. The number of hydrogen-bond acceptors (Lipinski definition) is 3. The molecule has 1 heterocycles. The summed E-state index contributed by atoms with van der Waals surface area (Å²) in [6.45, 7) is 4.61. The molecule has 0 radical (unpaired) electrons. The number of benzene rings is 1. The molecule has 110 valence electrons. The van der Waals surface area contributed by atoms with Gasteiger partial charge in [-0.3, -0.25) is 0 Å². The minimum Gasteiger partial charge on any atom is -0.497 e. The van der Waals surface area contributed by atoms with Crippen LogP contribution in [0.2, 0.25) is 0 Å². The molecule has 4 atom stereocenters. The lowest BCUT2D eigenvalue weighted by atomic mass is 9.69. The molecule has 20 heavy (non-hydrogen) atoms. The van der Waals surface area contributed by atoms with Crippen LogP contribution in [0.4, 0.5) is 0 Å². The predicted octanol–water partition coefficient (Wildman–Crippen LogP) is 3.71. The Kier molecular flexibility index (Phi) is 3.41. The van der Waals surface area contributed by atoms with Crippen LogP contribution in [0.15, 0.2) is 18.2 Å². The van der Waals surface area contributed by atoms with Crippen molar-refractivity contribution in [2.24, 2.45) is 11.8 Å². The van der Waals surface area contributed by atoms with Gasteiger partial charge < -0.3 is 14.6 Å². The Balaban J connectivity index is 1.91. The van der Waals surface area contributed by atoms with Crippen molar-refractivity contribution in [1.82, 2.24) is 0 Å². The molecule has 1 aliphatic carbocycles. The van der Waals surface area contributed by atoms with Crippen molar-refractivity contribution in [3.8, 4) is 11.5 Å². The van der Waals surface area contributed by atoms with Crippen molar-refractivity contribution >= 4 is 0 Å². The van der Waals surface area contributed by atoms with Gasteiger partial charge >= 0.3 is 0 Å². The SMILES string of the molecule is COc1ccc2c(c1)OC1(CCC(C)C(C)C1)CC2O. The number of ether oxygens (including phenoxy) is 2. The molecule has 0 bridgehead atoms. The van der Waals surface area contributed by atoms with E-state index in [-0.39, 0.29) is 5.60 Å². The molecule has 1 aliphatic heterocycles. The Labute approximate surface area is 120 Å². The standard InChI is InChI=1S/C17H24O3/c1-11-6-7-17(9-12(11)2)10-15(18)14-5-4-13(19-3)8-16(14)20-17/h4-5,8,11-12,15,18H,6-7,9-10H2,1-3H3. The zero-order valence-corrected chi connectivity index (χ0v) is 12.6. The summed E-state index contributed by atoms with van der Waals surface area (Å²) >= 11 is 0. The molecular formula is C17H24O3. The fourth-order valence-electron chi connectivity index (χ4n) is 3.69. The Morgan fingerprint density at radius 1 is 1.25 bits per heavy atom. The zero-order valence-electron chi connectivity index (χ0n) is 12.6. The second-order valence-electron chi connectivity index (χ2n) is 6.61. The van der Waals surface area contributed by atoms with E-state index in [9.17, 15) is 5.11 Å². The first-order valence-electron chi connectivity index (χ1n) is 7.58. The van der Waals surface area contributed by atoms with Gasteiger partial charge in [-0.1, -0.05) is 13.8 Å². The van der Waals surface area contributed by atoms with Gasteiger partial charge in [-0.05, 0) is 43.2 Å². The highest BCUT2D eigenvalue weighted by Gasteiger charge is 2.44. The van der Waals surface area contributed by atoms with Crippen LogP contribution >= 0.6 is 0 Å². The van der Waals surface area contributed by atoms with Crippen molar-refractivity contribution in [1.29, 1.82) is 0 Å². The molecular weight excluding hydrogens is 252 g/mol. The maximum atomic E-state index is 10.5. The normalized spacial score (nSPS) is 36.3. The fraction of sp³-hybridized carbons (Fsp3) is 0.647. The van der Waals surface area contributed by atoms with Gasteiger partial charge in [0.25, 0.3) is 0 Å². The van der Waals surface area contributed by atoms with E-state index >= 15 is 0 Å². The number of methoxy groups -OCH3 is 1. The monoisotopic (exact) mass is 276 g/mol. The maximum absolute atomic E-state index is 10.5. The van der Waals surface area contributed by atoms with Crippen molar-refractivity contribution in [2.75, 3.05) is 7.11 Å². The van der Waals surface area contributed by atoms with Crippen molar-refractivity contribution in [3.63, 3.8) is 0 Å². The molecule has 4 unspecified atom stereocenters. The molecule has 1 aromatic carbocycles. The van der Waals surface area contributed by atoms with Gasteiger partial charge in [0.05, 0.1) is 13.2 Å². The number of aliphatic hydroxyl groups is 1. The third kappa shape index (κ3) is 2.28. The van der Waals surface area contributed by atoms with Gasteiger partial charge in [0.15, 0.2) is 0 Å². The van der Waals surface area contributed by atoms with Crippen LogP contribution in [0.3, 0.4) is 0 Å². The average Bonchev–Trinajstić information content (AvgIpc) is 2.43. The second-order valence-corrected chi connectivity index (χ2v) is 6.61. The van der Waals surface area contributed by atoms with Gasteiger partial charge in [0.1, 0.15) is 17.1 Å². The number of hydrogen-bond donors (Lipinski definition) is 1. The van der Waals surface area contributed by atoms with Gasteiger partial charge in [-0.25, -0.2) is 0 Å². The van der Waals surface area contributed by atoms with E-state index in [2.05, 4.69) is 13.8 Å². The Morgan fingerprint density at radius 2 is 2.05 bits per heavy atom. The molecule has 2 aliphatic rings. The molecule has 0 amide bonds. The molecule has 3 rings (SSSR count). The van der Waals surface area contributed by atoms with Gasteiger partial charge in [-0.15, -0.1) is 0 Å².